The van der Waals surface area contributed by atoms with Crippen LogP contribution in [0.1, 0.15) is 0 Å². The topological polar surface area (TPSA) is 17.1 Å². The number of hydrogen-bond acceptors (Lipinski definition) is 1. The third kappa shape index (κ3) is 8.14. The van der Waals surface area contributed by atoms with Gasteiger partial charge >= 0.3 is 33.2 Å². The Bertz CT molecular complexity index is 133. The van der Waals surface area contributed by atoms with Crippen LogP contribution < -0.4 is 0 Å². The van der Waals surface area contributed by atoms with Crippen LogP contribution in [0.4, 0.5) is 0 Å². The summed E-state index contributed by atoms with van der Waals surface area (Å²) in [6.45, 7) is 0. The molecule has 0 aromatic heterocycles. The molecule has 0 heterocycles. The SMILES string of the molecule is O=[C-]C1C=CC=C1.[CH3-].[Cl][Co][Cl]. The summed E-state index contributed by atoms with van der Waals surface area (Å²) in [5.41, 5.74) is 0. The molecule has 1 aliphatic carbocycles. The van der Waals surface area contributed by atoms with Gasteiger partial charge in [0.25, 0.3) is 0 Å². The molecule has 0 aromatic carbocycles. The van der Waals surface area contributed by atoms with Gasteiger partial charge in [-0.2, -0.15) is 0 Å². The van der Waals surface area contributed by atoms with Crippen molar-refractivity contribution in [2.24, 2.45) is 5.92 Å². The number of allylic oxidation sites excluding steroid dienone is 4. The van der Waals surface area contributed by atoms with E-state index < -0.39 is 0 Å². The summed E-state index contributed by atoms with van der Waals surface area (Å²) >= 11 is 0.382. The fourth-order valence-corrected chi connectivity index (χ4v) is 0.510. The van der Waals surface area contributed by atoms with E-state index in [1.54, 1.807) is 12.2 Å². The van der Waals surface area contributed by atoms with Crippen LogP contribution in [-0.4, -0.2) is 6.29 Å². The van der Waals surface area contributed by atoms with Gasteiger partial charge in [0.05, 0.1) is 0 Å². The molecule has 1 nitrogen and oxygen atoms in total. The number of halogens is 2. The van der Waals surface area contributed by atoms with E-state index in [9.17, 15) is 4.79 Å². The number of carbonyl (C=O) groups excluding carboxylic acids is 1. The summed E-state index contributed by atoms with van der Waals surface area (Å²) in [6, 6.07) is 0. The average Bonchev–Trinajstić information content (AvgIpc) is 2.39. The second-order valence-electron chi connectivity index (χ2n) is 1.46. The van der Waals surface area contributed by atoms with Gasteiger partial charge < -0.3 is 12.2 Å². The Morgan fingerprint density at radius 1 is 1.27 bits per heavy atom. The van der Waals surface area contributed by atoms with Crippen LogP contribution in [0.3, 0.4) is 0 Å². The first-order valence-corrected chi connectivity index (χ1v) is 5.28. The van der Waals surface area contributed by atoms with E-state index in [1.165, 1.54) is 0 Å². The van der Waals surface area contributed by atoms with Crippen molar-refractivity contribution in [2.45, 2.75) is 0 Å². The molecule has 0 saturated carbocycles. The Morgan fingerprint density at radius 3 is 1.82 bits per heavy atom. The Labute approximate surface area is 81.9 Å². The van der Waals surface area contributed by atoms with E-state index in [0.717, 1.165) is 0 Å². The maximum atomic E-state index is 9.78. The fourth-order valence-electron chi connectivity index (χ4n) is 0.510. The van der Waals surface area contributed by atoms with E-state index in [4.69, 9.17) is 20.3 Å². The second kappa shape index (κ2) is 10.2. The van der Waals surface area contributed by atoms with Crippen molar-refractivity contribution < 1.29 is 17.7 Å². The third-order valence-electron chi connectivity index (χ3n) is 0.884. The predicted molar refractivity (Wildman–Crippen MR) is 45.6 cm³/mol. The summed E-state index contributed by atoms with van der Waals surface area (Å²) in [4.78, 5) is 9.78. The molecule has 0 amide bonds. The molecule has 1 rings (SSSR count). The van der Waals surface area contributed by atoms with Crippen molar-refractivity contribution >= 4 is 26.6 Å². The second-order valence-corrected chi connectivity index (χ2v) is 3.18. The molecule has 0 fully saturated rings. The van der Waals surface area contributed by atoms with Crippen molar-refractivity contribution in [1.82, 2.24) is 0 Å². The zero-order valence-electron chi connectivity index (χ0n) is 5.88. The van der Waals surface area contributed by atoms with Gasteiger partial charge in [-0.25, -0.2) is 0 Å². The van der Waals surface area contributed by atoms with Crippen molar-refractivity contribution in [3.8, 4) is 0 Å². The molecule has 0 aliphatic heterocycles. The van der Waals surface area contributed by atoms with E-state index in [0.29, 0.717) is 12.9 Å². The molecule has 0 N–H and O–H groups in total. The van der Waals surface area contributed by atoms with Crippen LogP contribution in [0.5, 0.6) is 0 Å². The van der Waals surface area contributed by atoms with E-state index in [1.807, 2.05) is 18.4 Å². The zero-order chi connectivity index (χ0) is 7.82. The molecule has 0 atom stereocenters. The molecule has 0 saturated heterocycles. The monoisotopic (exact) mass is 237 g/mol. The number of hydrogen-bond donors (Lipinski definition) is 0. The van der Waals surface area contributed by atoms with Gasteiger partial charge in [0.1, 0.15) is 0 Å². The van der Waals surface area contributed by atoms with E-state index in [2.05, 4.69) is 0 Å². The quantitative estimate of drug-likeness (QED) is 0.641. The first kappa shape index (κ1) is 13.8. The minimum atomic E-state index is -0.0694. The molecule has 1 aliphatic rings. The van der Waals surface area contributed by atoms with Crippen LogP contribution in [0, 0.1) is 13.3 Å². The summed E-state index contributed by atoms with van der Waals surface area (Å²) < 4.78 is 0. The van der Waals surface area contributed by atoms with Gasteiger partial charge in [0, 0.05) is 0 Å². The van der Waals surface area contributed by atoms with Crippen LogP contribution >= 0.6 is 20.3 Å². The van der Waals surface area contributed by atoms with Crippen LogP contribution in [0.2, 0.25) is 0 Å². The van der Waals surface area contributed by atoms with Gasteiger partial charge in [-0.1, -0.05) is 12.2 Å². The van der Waals surface area contributed by atoms with Crippen molar-refractivity contribution in [1.29, 1.82) is 0 Å². The first-order chi connectivity index (χ1) is 4.85. The Balaban J connectivity index is 0. The van der Waals surface area contributed by atoms with E-state index in [-0.39, 0.29) is 13.3 Å². The molecule has 0 radical (unpaired) electrons. The molecular weight excluding hydrogens is 230 g/mol. The zero-order valence-corrected chi connectivity index (χ0v) is 8.44. The van der Waals surface area contributed by atoms with Gasteiger partial charge in [0.2, 0.25) is 0 Å². The molecule has 4 heteroatoms. The Kier molecular flexibility index (Phi) is 12.8. The summed E-state index contributed by atoms with van der Waals surface area (Å²) in [6.07, 6.45) is 9.12. The molecule has 0 spiro atoms. The van der Waals surface area contributed by atoms with Crippen LogP contribution in [0.15, 0.2) is 24.3 Å². The molecule has 0 unspecified atom stereocenters. The van der Waals surface area contributed by atoms with Crippen molar-refractivity contribution in [3.63, 3.8) is 0 Å². The number of rotatable bonds is 1. The summed E-state index contributed by atoms with van der Waals surface area (Å²) in [5, 5.41) is 0. The molecule has 11 heavy (non-hydrogen) atoms. The minimum absolute atomic E-state index is 0. The summed E-state index contributed by atoms with van der Waals surface area (Å²) in [7, 11) is 9.47. The van der Waals surface area contributed by atoms with Gasteiger partial charge in [-0.05, 0) is 0 Å². The average molecular weight is 238 g/mol. The summed E-state index contributed by atoms with van der Waals surface area (Å²) in [5.74, 6) is -0.0694. The molecule has 67 valence electrons. The molecule has 0 aromatic rings. The van der Waals surface area contributed by atoms with Gasteiger partial charge in [-0.3, -0.25) is 6.29 Å². The van der Waals surface area contributed by atoms with Gasteiger partial charge in [0.15, 0.2) is 0 Å². The van der Waals surface area contributed by atoms with Crippen LogP contribution in [0.25, 0.3) is 0 Å². The molecular formula is C7H8Cl2CoO-2. The Hall–Kier alpha value is 0.236. The third-order valence-corrected chi connectivity index (χ3v) is 0.884. The van der Waals surface area contributed by atoms with E-state index >= 15 is 0 Å². The standard InChI is InChI=1S/C6H5O.CH3.2ClH.Co/c7-5-6-3-1-2-4-6;;;;/h1-4,6H;1H3;2*1H;/q2*-1;;;+2/p-2. The predicted octanol–water partition coefficient (Wildman–Crippen LogP) is 2.67. The fraction of sp³-hybridized carbons (Fsp3) is 0.143. The maximum absolute atomic E-state index is 9.78. The van der Waals surface area contributed by atoms with Crippen molar-refractivity contribution in [2.75, 3.05) is 0 Å². The van der Waals surface area contributed by atoms with Crippen LogP contribution in [-0.2, 0) is 17.7 Å². The van der Waals surface area contributed by atoms with Crippen molar-refractivity contribution in [3.05, 3.63) is 31.7 Å². The normalized spacial score (nSPS) is 13.6. The first-order valence-electron chi connectivity index (χ1n) is 2.41. The molecule has 0 bridgehead atoms. The Morgan fingerprint density at radius 2 is 1.64 bits per heavy atom. The van der Waals surface area contributed by atoms with Gasteiger partial charge in [-0.15, -0.1) is 18.1 Å².